The summed E-state index contributed by atoms with van der Waals surface area (Å²) in [5.41, 5.74) is 1.00. The molecule has 0 saturated carbocycles. The van der Waals surface area contributed by atoms with Crippen molar-refractivity contribution in [2.75, 3.05) is 25.0 Å². The highest BCUT2D eigenvalue weighted by atomic mass is 16.2. The zero-order valence-corrected chi connectivity index (χ0v) is 11.8. The molecule has 0 radical (unpaired) electrons. The Morgan fingerprint density at radius 2 is 2.05 bits per heavy atom. The van der Waals surface area contributed by atoms with E-state index in [1.54, 1.807) is 0 Å². The van der Waals surface area contributed by atoms with E-state index in [9.17, 15) is 4.79 Å². The first-order valence-electron chi connectivity index (χ1n) is 7.05. The summed E-state index contributed by atoms with van der Waals surface area (Å²) in [5, 5.41) is 3.11. The molecule has 19 heavy (non-hydrogen) atoms. The molecule has 2 heterocycles. The van der Waals surface area contributed by atoms with Crippen molar-refractivity contribution >= 4 is 11.7 Å². The number of amides is 1. The number of hydrogen-bond donors (Lipinski definition) is 1. The summed E-state index contributed by atoms with van der Waals surface area (Å²) in [6, 6.07) is 1.91. The van der Waals surface area contributed by atoms with E-state index < -0.39 is 0 Å². The lowest BCUT2D eigenvalue weighted by Gasteiger charge is -2.26. The van der Waals surface area contributed by atoms with Crippen LogP contribution in [0.3, 0.4) is 0 Å². The number of carbonyl (C=O) groups is 1. The van der Waals surface area contributed by atoms with Gasteiger partial charge in [0.25, 0.3) is 0 Å². The van der Waals surface area contributed by atoms with Gasteiger partial charge in [-0.05, 0) is 32.6 Å². The fourth-order valence-electron chi connectivity index (χ4n) is 2.32. The largest absolute Gasteiger partial charge is 0.361 e. The van der Waals surface area contributed by atoms with Gasteiger partial charge in [0.1, 0.15) is 11.6 Å². The molecule has 0 spiro atoms. The Bertz CT molecular complexity index is 441. The Labute approximate surface area is 114 Å². The number of aromatic nitrogens is 2. The molecule has 1 amide bonds. The summed E-state index contributed by atoms with van der Waals surface area (Å²) >= 11 is 0. The average Bonchev–Trinajstić information content (AvgIpc) is 2.45. The maximum Gasteiger partial charge on any atom is 0.241 e. The summed E-state index contributed by atoms with van der Waals surface area (Å²) in [7, 11) is 0. The van der Waals surface area contributed by atoms with Crippen LogP contribution in [0.2, 0.25) is 0 Å². The van der Waals surface area contributed by atoms with Crippen molar-refractivity contribution in [2.24, 2.45) is 0 Å². The molecule has 5 nitrogen and oxygen atoms in total. The van der Waals surface area contributed by atoms with E-state index in [1.165, 1.54) is 6.42 Å². The fourth-order valence-corrected chi connectivity index (χ4v) is 2.32. The van der Waals surface area contributed by atoms with Gasteiger partial charge in [0.2, 0.25) is 5.91 Å². The highest BCUT2D eigenvalue weighted by Gasteiger charge is 2.16. The third kappa shape index (κ3) is 3.91. The summed E-state index contributed by atoms with van der Waals surface area (Å²) in [4.78, 5) is 22.6. The number of aryl methyl sites for hydroxylation is 2. The predicted molar refractivity (Wildman–Crippen MR) is 75.1 cm³/mol. The van der Waals surface area contributed by atoms with E-state index in [4.69, 9.17) is 0 Å². The predicted octanol–water partition coefficient (Wildman–Crippen LogP) is 1.77. The van der Waals surface area contributed by atoms with Gasteiger partial charge < -0.3 is 10.2 Å². The molecule has 0 aromatic carbocycles. The highest BCUT2D eigenvalue weighted by molar-refractivity contribution is 5.80. The number of nitrogens with one attached hydrogen (secondary N) is 1. The minimum atomic E-state index is 0.161. The van der Waals surface area contributed by atoms with Crippen LogP contribution in [0.15, 0.2) is 6.07 Å². The van der Waals surface area contributed by atoms with Crippen molar-refractivity contribution in [3.8, 4) is 0 Å². The van der Waals surface area contributed by atoms with Gasteiger partial charge in [-0.15, -0.1) is 0 Å². The van der Waals surface area contributed by atoms with Crippen LogP contribution in [-0.4, -0.2) is 40.4 Å². The molecule has 1 saturated heterocycles. The molecular weight excluding hydrogens is 240 g/mol. The first-order chi connectivity index (χ1) is 9.19. The minimum Gasteiger partial charge on any atom is -0.361 e. The van der Waals surface area contributed by atoms with Gasteiger partial charge in [0.05, 0.1) is 6.54 Å². The van der Waals surface area contributed by atoms with Gasteiger partial charge in [-0.25, -0.2) is 9.97 Å². The lowest BCUT2D eigenvalue weighted by Crippen LogP contribution is -2.39. The molecule has 1 N–H and O–H groups in total. The summed E-state index contributed by atoms with van der Waals surface area (Å²) in [6.07, 6.45) is 4.36. The van der Waals surface area contributed by atoms with Gasteiger partial charge in [-0.1, -0.05) is 6.92 Å². The van der Waals surface area contributed by atoms with Crippen LogP contribution >= 0.6 is 0 Å². The van der Waals surface area contributed by atoms with Crippen molar-refractivity contribution in [2.45, 2.75) is 39.5 Å². The number of likely N-dealkylation sites (tertiary alicyclic amines) is 1. The third-order valence-corrected chi connectivity index (χ3v) is 3.38. The van der Waals surface area contributed by atoms with Crippen LogP contribution in [-0.2, 0) is 11.2 Å². The number of piperidine rings is 1. The first-order valence-corrected chi connectivity index (χ1v) is 7.05. The molecule has 5 heteroatoms. The molecule has 2 rings (SSSR count). The van der Waals surface area contributed by atoms with E-state index in [2.05, 4.69) is 22.2 Å². The van der Waals surface area contributed by atoms with Crippen LogP contribution in [0.5, 0.6) is 0 Å². The molecule has 1 aliphatic rings. The molecule has 0 atom stereocenters. The Kier molecular flexibility index (Phi) is 4.71. The van der Waals surface area contributed by atoms with Crippen molar-refractivity contribution in [3.05, 3.63) is 17.6 Å². The number of hydrogen-bond acceptors (Lipinski definition) is 4. The molecule has 1 aliphatic heterocycles. The lowest BCUT2D eigenvalue weighted by molar-refractivity contribution is -0.130. The highest BCUT2D eigenvalue weighted by Crippen LogP contribution is 2.10. The summed E-state index contributed by atoms with van der Waals surface area (Å²) < 4.78 is 0. The van der Waals surface area contributed by atoms with Crippen molar-refractivity contribution in [1.82, 2.24) is 14.9 Å². The van der Waals surface area contributed by atoms with Crippen LogP contribution in [0.4, 0.5) is 5.82 Å². The number of carbonyl (C=O) groups excluding carboxylic acids is 1. The van der Waals surface area contributed by atoms with Crippen LogP contribution < -0.4 is 5.32 Å². The third-order valence-electron chi connectivity index (χ3n) is 3.38. The number of nitrogens with zero attached hydrogens (tertiary/aromatic N) is 3. The second-order valence-electron chi connectivity index (χ2n) is 4.94. The van der Waals surface area contributed by atoms with Crippen LogP contribution in [0.25, 0.3) is 0 Å². The molecule has 0 bridgehead atoms. The Hall–Kier alpha value is -1.65. The van der Waals surface area contributed by atoms with Crippen molar-refractivity contribution in [3.63, 3.8) is 0 Å². The van der Waals surface area contributed by atoms with E-state index >= 15 is 0 Å². The minimum absolute atomic E-state index is 0.161. The average molecular weight is 262 g/mol. The Morgan fingerprint density at radius 3 is 2.74 bits per heavy atom. The van der Waals surface area contributed by atoms with Gasteiger partial charge in [0, 0.05) is 24.8 Å². The molecule has 1 fully saturated rings. The number of rotatable bonds is 4. The zero-order chi connectivity index (χ0) is 13.7. The summed E-state index contributed by atoms with van der Waals surface area (Å²) in [5.74, 6) is 1.65. The van der Waals surface area contributed by atoms with Crippen molar-refractivity contribution < 1.29 is 4.79 Å². The normalized spacial score (nSPS) is 15.4. The van der Waals surface area contributed by atoms with Gasteiger partial charge in [0.15, 0.2) is 0 Å². The zero-order valence-electron chi connectivity index (χ0n) is 11.8. The SMILES string of the molecule is CCc1cc(NCC(=O)N2CCCCC2)nc(C)n1. The molecule has 1 aromatic heterocycles. The maximum atomic E-state index is 12.0. The lowest BCUT2D eigenvalue weighted by atomic mass is 10.1. The van der Waals surface area contributed by atoms with E-state index in [0.29, 0.717) is 6.54 Å². The molecule has 1 aromatic rings. The molecule has 104 valence electrons. The van der Waals surface area contributed by atoms with Gasteiger partial charge in [-0.2, -0.15) is 0 Å². The number of anilines is 1. The topological polar surface area (TPSA) is 58.1 Å². The fraction of sp³-hybridized carbons (Fsp3) is 0.643. The van der Waals surface area contributed by atoms with E-state index in [1.807, 2.05) is 17.9 Å². The second-order valence-corrected chi connectivity index (χ2v) is 4.94. The Balaban J connectivity index is 1.90. The van der Waals surface area contributed by atoms with E-state index in [-0.39, 0.29) is 5.91 Å². The molecule has 0 unspecified atom stereocenters. The quantitative estimate of drug-likeness (QED) is 0.898. The summed E-state index contributed by atoms with van der Waals surface area (Å²) in [6.45, 7) is 6.04. The Morgan fingerprint density at radius 1 is 1.32 bits per heavy atom. The van der Waals surface area contributed by atoms with E-state index in [0.717, 1.165) is 49.7 Å². The van der Waals surface area contributed by atoms with Gasteiger partial charge >= 0.3 is 0 Å². The maximum absolute atomic E-state index is 12.0. The van der Waals surface area contributed by atoms with Crippen LogP contribution in [0.1, 0.15) is 37.7 Å². The van der Waals surface area contributed by atoms with Gasteiger partial charge in [-0.3, -0.25) is 4.79 Å². The molecule has 0 aliphatic carbocycles. The standard InChI is InChI=1S/C14H22N4O/c1-3-12-9-13(17-11(2)16-12)15-10-14(19)18-7-5-4-6-8-18/h9H,3-8,10H2,1-2H3,(H,15,16,17). The van der Waals surface area contributed by atoms with Crippen LogP contribution in [0, 0.1) is 6.92 Å². The smallest absolute Gasteiger partial charge is 0.241 e. The second kappa shape index (κ2) is 6.50. The van der Waals surface area contributed by atoms with Crippen molar-refractivity contribution in [1.29, 1.82) is 0 Å². The first kappa shape index (κ1) is 13.8. The monoisotopic (exact) mass is 262 g/mol. The molecular formula is C14H22N4O.